The minimum atomic E-state index is 0.297. The SMILES string of the molecule is Cc1cc(Cn2cnc3cc4c(cc32)CCC4)ccc1[C@@H]1CCCO1. The molecule has 0 amide bonds. The fourth-order valence-corrected chi connectivity index (χ4v) is 4.47. The Morgan fingerprint density at radius 2 is 2.00 bits per heavy atom. The summed E-state index contributed by atoms with van der Waals surface area (Å²) in [6, 6.07) is 11.5. The lowest BCUT2D eigenvalue weighted by molar-refractivity contribution is 0.111. The first kappa shape index (κ1) is 15.2. The fourth-order valence-electron chi connectivity index (χ4n) is 4.47. The van der Waals surface area contributed by atoms with Crippen LogP contribution in [0.4, 0.5) is 0 Å². The van der Waals surface area contributed by atoms with E-state index in [1.165, 1.54) is 59.0 Å². The lowest BCUT2D eigenvalue weighted by atomic mass is 9.99. The summed E-state index contributed by atoms with van der Waals surface area (Å²) in [4.78, 5) is 4.64. The first-order valence-electron chi connectivity index (χ1n) is 9.45. The molecule has 0 unspecified atom stereocenters. The molecule has 1 aliphatic carbocycles. The average molecular weight is 332 g/mol. The normalized spacial score (nSPS) is 19.6. The molecule has 3 aromatic rings. The summed E-state index contributed by atoms with van der Waals surface area (Å²) < 4.78 is 8.14. The fraction of sp³-hybridized carbons (Fsp3) is 0.409. The molecule has 1 saturated heterocycles. The summed E-state index contributed by atoms with van der Waals surface area (Å²) >= 11 is 0. The van der Waals surface area contributed by atoms with E-state index in [0.717, 1.165) is 25.1 Å². The number of nitrogens with zero attached hydrogens (tertiary/aromatic N) is 2. The first-order valence-corrected chi connectivity index (χ1v) is 9.45. The minimum Gasteiger partial charge on any atom is -0.374 e. The van der Waals surface area contributed by atoms with Crippen molar-refractivity contribution in [1.29, 1.82) is 0 Å². The van der Waals surface area contributed by atoms with Gasteiger partial charge in [0.05, 0.1) is 23.5 Å². The van der Waals surface area contributed by atoms with Crippen molar-refractivity contribution in [3.05, 3.63) is 64.5 Å². The molecule has 1 aromatic heterocycles. The zero-order valence-corrected chi connectivity index (χ0v) is 14.8. The highest BCUT2D eigenvalue weighted by Crippen LogP contribution is 2.31. The van der Waals surface area contributed by atoms with Crippen LogP contribution in [0.25, 0.3) is 11.0 Å². The van der Waals surface area contributed by atoms with Crippen LogP contribution in [0.1, 0.15) is 53.2 Å². The van der Waals surface area contributed by atoms with Gasteiger partial charge >= 0.3 is 0 Å². The number of benzene rings is 2. The van der Waals surface area contributed by atoms with Crippen molar-refractivity contribution in [2.75, 3.05) is 6.61 Å². The van der Waals surface area contributed by atoms with Gasteiger partial charge in [-0.1, -0.05) is 18.2 Å². The van der Waals surface area contributed by atoms with Crippen LogP contribution in [-0.2, 0) is 24.1 Å². The second-order valence-electron chi connectivity index (χ2n) is 7.53. The molecule has 0 spiro atoms. The number of fused-ring (bicyclic) bond motifs is 2. The van der Waals surface area contributed by atoms with Crippen LogP contribution in [-0.4, -0.2) is 16.2 Å². The van der Waals surface area contributed by atoms with Gasteiger partial charge in [-0.05, 0) is 79.0 Å². The van der Waals surface area contributed by atoms with E-state index in [1.807, 2.05) is 6.33 Å². The van der Waals surface area contributed by atoms with Crippen LogP contribution in [0.3, 0.4) is 0 Å². The number of imidazole rings is 1. The zero-order chi connectivity index (χ0) is 16.8. The zero-order valence-electron chi connectivity index (χ0n) is 14.8. The van der Waals surface area contributed by atoms with E-state index in [1.54, 1.807) is 0 Å². The van der Waals surface area contributed by atoms with Gasteiger partial charge in [-0.25, -0.2) is 4.98 Å². The van der Waals surface area contributed by atoms with Crippen molar-refractivity contribution in [2.24, 2.45) is 0 Å². The molecule has 0 radical (unpaired) electrons. The molecule has 3 heteroatoms. The van der Waals surface area contributed by atoms with E-state index in [4.69, 9.17) is 4.74 Å². The molecule has 3 nitrogen and oxygen atoms in total. The maximum Gasteiger partial charge on any atom is 0.0961 e. The Hall–Kier alpha value is -2.13. The van der Waals surface area contributed by atoms with Gasteiger partial charge in [-0.2, -0.15) is 0 Å². The Morgan fingerprint density at radius 1 is 1.12 bits per heavy atom. The van der Waals surface area contributed by atoms with Gasteiger partial charge in [0.2, 0.25) is 0 Å². The molecular formula is C22H24N2O. The monoisotopic (exact) mass is 332 g/mol. The Morgan fingerprint density at radius 3 is 2.80 bits per heavy atom. The highest BCUT2D eigenvalue weighted by Gasteiger charge is 2.19. The predicted molar refractivity (Wildman–Crippen MR) is 100.0 cm³/mol. The maximum atomic E-state index is 5.85. The highest BCUT2D eigenvalue weighted by molar-refractivity contribution is 5.78. The number of ether oxygens (including phenoxy) is 1. The molecule has 128 valence electrons. The van der Waals surface area contributed by atoms with E-state index in [-0.39, 0.29) is 0 Å². The molecule has 0 bridgehead atoms. The summed E-state index contributed by atoms with van der Waals surface area (Å²) in [6.45, 7) is 3.98. The Labute approximate surface area is 148 Å². The van der Waals surface area contributed by atoms with Crippen LogP contribution in [0.15, 0.2) is 36.7 Å². The molecule has 2 heterocycles. The van der Waals surface area contributed by atoms with E-state index < -0.39 is 0 Å². The van der Waals surface area contributed by atoms with Gasteiger partial charge in [0.25, 0.3) is 0 Å². The van der Waals surface area contributed by atoms with Gasteiger partial charge < -0.3 is 9.30 Å². The van der Waals surface area contributed by atoms with E-state index >= 15 is 0 Å². The van der Waals surface area contributed by atoms with Crippen LogP contribution >= 0.6 is 0 Å². The number of aryl methyl sites for hydroxylation is 3. The molecular weight excluding hydrogens is 308 g/mol. The first-order chi connectivity index (χ1) is 12.3. The van der Waals surface area contributed by atoms with Gasteiger partial charge in [0.1, 0.15) is 0 Å². The third kappa shape index (κ3) is 2.67. The predicted octanol–water partition coefficient (Wildman–Crippen LogP) is 4.73. The van der Waals surface area contributed by atoms with Gasteiger partial charge in [0, 0.05) is 13.2 Å². The van der Waals surface area contributed by atoms with Crippen molar-refractivity contribution in [2.45, 2.75) is 51.7 Å². The number of hydrogen-bond acceptors (Lipinski definition) is 2. The van der Waals surface area contributed by atoms with Crippen molar-refractivity contribution >= 4 is 11.0 Å². The molecule has 25 heavy (non-hydrogen) atoms. The van der Waals surface area contributed by atoms with E-state index in [9.17, 15) is 0 Å². The van der Waals surface area contributed by atoms with Crippen molar-refractivity contribution in [3.63, 3.8) is 0 Å². The third-order valence-electron chi connectivity index (χ3n) is 5.80. The summed E-state index contributed by atoms with van der Waals surface area (Å²) in [5.41, 5.74) is 9.44. The maximum absolute atomic E-state index is 5.85. The smallest absolute Gasteiger partial charge is 0.0961 e. The number of hydrogen-bond donors (Lipinski definition) is 0. The number of rotatable bonds is 3. The molecule has 0 saturated carbocycles. The molecule has 5 rings (SSSR count). The van der Waals surface area contributed by atoms with E-state index in [2.05, 4.69) is 46.8 Å². The molecule has 1 fully saturated rings. The largest absolute Gasteiger partial charge is 0.374 e. The van der Waals surface area contributed by atoms with Crippen molar-refractivity contribution < 1.29 is 4.74 Å². The minimum absolute atomic E-state index is 0.297. The van der Waals surface area contributed by atoms with Crippen LogP contribution < -0.4 is 0 Å². The Bertz CT molecular complexity index is 935. The average Bonchev–Trinajstić information content (AvgIpc) is 3.34. The number of aromatic nitrogens is 2. The third-order valence-corrected chi connectivity index (χ3v) is 5.80. The summed E-state index contributed by atoms with van der Waals surface area (Å²) in [6.07, 6.45) is 8.32. The van der Waals surface area contributed by atoms with Gasteiger partial charge in [-0.3, -0.25) is 0 Å². The molecule has 2 aliphatic rings. The lowest BCUT2D eigenvalue weighted by Crippen LogP contribution is -2.02. The molecule has 1 atom stereocenters. The Balaban J connectivity index is 1.45. The quantitative estimate of drug-likeness (QED) is 0.693. The second kappa shape index (κ2) is 5.99. The van der Waals surface area contributed by atoms with Gasteiger partial charge in [0.15, 0.2) is 0 Å². The van der Waals surface area contributed by atoms with Crippen molar-refractivity contribution in [1.82, 2.24) is 9.55 Å². The van der Waals surface area contributed by atoms with Crippen LogP contribution in [0.2, 0.25) is 0 Å². The van der Waals surface area contributed by atoms with Crippen LogP contribution in [0, 0.1) is 6.92 Å². The second-order valence-corrected chi connectivity index (χ2v) is 7.53. The Kier molecular flexibility index (Phi) is 3.63. The standard InChI is InChI=1S/C22H24N2O/c1-15-10-16(7-8-19(15)22-6-3-9-25-22)13-24-14-23-20-11-17-4-2-5-18(17)12-21(20)24/h7-8,10-12,14,22H,2-6,9,13H2,1H3/t22-/m0/s1. The molecule has 0 N–H and O–H groups in total. The molecule has 2 aromatic carbocycles. The summed E-state index contributed by atoms with van der Waals surface area (Å²) in [7, 11) is 0. The van der Waals surface area contributed by atoms with Gasteiger partial charge in [-0.15, -0.1) is 0 Å². The molecule has 1 aliphatic heterocycles. The lowest BCUT2D eigenvalue weighted by Gasteiger charge is -2.15. The highest BCUT2D eigenvalue weighted by atomic mass is 16.5. The van der Waals surface area contributed by atoms with Crippen LogP contribution in [0.5, 0.6) is 0 Å². The van der Waals surface area contributed by atoms with E-state index in [0.29, 0.717) is 6.10 Å². The van der Waals surface area contributed by atoms with Crippen molar-refractivity contribution in [3.8, 4) is 0 Å². The summed E-state index contributed by atoms with van der Waals surface area (Å²) in [5.74, 6) is 0. The topological polar surface area (TPSA) is 27.1 Å². The summed E-state index contributed by atoms with van der Waals surface area (Å²) in [5, 5.41) is 0.